The van der Waals surface area contributed by atoms with Gasteiger partial charge in [0.15, 0.2) is 17.9 Å². The van der Waals surface area contributed by atoms with Crippen LogP contribution in [0.15, 0.2) is 0 Å². The summed E-state index contributed by atoms with van der Waals surface area (Å²) in [6.07, 6.45) is 11.1. The van der Waals surface area contributed by atoms with Crippen LogP contribution in [0.25, 0.3) is 0 Å². The van der Waals surface area contributed by atoms with Crippen LogP contribution in [0, 0.1) is 0 Å². The van der Waals surface area contributed by atoms with E-state index in [0.717, 1.165) is 44.9 Å². The Morgan fingerprint density at radius 1 is 0.815 bits per heavy atom. The molecule has 154 valence electrons. The van der Waals surface area contributed by atoms with Crippen LogP contribution in [0.4, 0.5) is 0 Å². The van der Waals surface area contributed by atoms with Crippen LogP contribution in [0.5, 0.6) is 0 Å². The quantitative estimate of drug-likeness (QED) is 0.740. The molecule has 3 heterocycles. The van der Waals surface area contributed by atoms with E-state index < -0.39 is 11.6 Å². The van der Waals surface area contributed by atoms with Crippen molar-refractivity contribution in [1.82, 2.24) is 0 Å². The molecule has 5 rings (SSSR count). The molecule has 0 aromatic rings. The third kappa shape index (κ3) is 3.47. The first-order chi connectivity index (χ1) is 13.2. The molecule has 3 aliphatic heterocycles. The molecular weight excluding hydrogens is 348 g/mol. The van der Waals surface area contributed by atoms with E-state index in [4.69, 9.17) is 28.4 Å². The van der Waals surface area contributed by atoms with Gasteiger partial charge in [0.05, 0.1) is 6.61 Å². The maximum absolute atomic E-state index is 6.48. The zero-order chi connectivity index (χ0) is 18.3. The van der Waals surface area contributed by atoms with Gasteiger partial charge in [0.1, 0.15) is 24.4 Å². The molecule has 6 nitrogen and oxygen atoms in total. The molecule has 2 aliphatic carbocycles. The van der Waals surface area contributed by atoms with Gasteiger partial charge in [-0.3, -0.25) is 0 Å². The van der Waals surface area contributed by atoms with Crippen molar-refractivity contribution in [2.24, 2.45) is 0 Å². The molecule has 5 unspecified atom stereocenters. The molecule has 0 aromatic heterocycles. The lowest BCUT2D eigenvalue weighted by atomic mass is 9.94. The minimum atomic E-state index is -0.454. The molecule has 2 spiro atoms. The van der Waals surface area contributed by atoms with Gasteiger partial charge in [0, 0.05) is 32.3 Å². The number of ether oxygens (including phenoxy) is 6. The van der Waals surface area contributed by atoms with Gasteiger partial charge >= 0.3 is 0 Å². The summed E-state index contributed by atoms with van der Waals surface area (Å²) in [4.78, 5) is 0. The Bertz CT molecular complexity index is 513. The van der Waals surface area contributed by atoms with Crippen molar-refractivity contribution in [1.29, 1.82) is 0 Å². The summed E-state index contributed by atoms with van der Waals surface area (Å²) in [5.41, 5.74) is 0. The summed E-state index contributed by atoms with van der Waals surface area (Å²) in [7, 11) is 0. The number of rotatable bonds is 4. The summed E-state index contributed by atoms with van der Waals surface area (Å²) < 4.78 is 38.0. The minimum Gasteiger partial charge on any atom is -0.372 e. The summed E-state index contributed by atoms with van der Waals surface area (Å²) in [5.74, 6) is -0.852. The highest BCUT2D eigenvalue weighted by molar-refractivity contribution is 5.01. The molecule has 5 atom stereocenters. The molecule has 0 amide bonds. The monoisotopic (exact) mass is 382 g/mol. The highest BCUT2D eigenvalue weighted by Gasteiger charge is 2.61. The molecule has 0 bridgehead atoms. The van der Waals surface area contributed by atoms with E-state index >= 15 is 0 Å². The molecule has 2 saturated carbocycles. The topological polar surface area (TPSA) is 55.4 Å². The Hall–Kier alpha value is -0.240. The van der Waals surface area contributed by atoms with Crippen molar-refractivity contribution < 1.29 is 28.4 Å². The second-order valence-electron chi connectivity index (χ2n) is 8.91. The fourth-order valence-corrected chi connectivity index (χ4v) is 5.52. The average Bonchev–Trinajstić information content (AvgIpc) is 3.33. The standard InChI is InChI=1S/C21H34O6/c1-2-13-22-17-16(15-14-23-20(25-15)9-5-3-6-10-20)24-19-18(17)26-21(27-19)11-7-4-8-12-21/h15-19H,2-14H2,1H3. The first-order valence-corrected chi connectivity index (χ1v) is 11.2. The second kappa shape index (κ2) is 7.54. The van der Waals surface area contributed by atoms with Crippen LogP contribution in [-0.2, 0) is 28.4 Å². The highest BCUT2D eigenvalue weighted by atomic mass is 16.9. The number of fused-ring (bicyclic) bond motifs is 1. The van der Waals surface area contributed by atoms with E-state index in [1.54, 1.807) is 0 Å². The van der Waals surface area contributed by atoms with Gasteiger partial charge < -0.3 is 28.4 Å². The summed E-state index contributed by atoms with van der Waals surface area (Å²) >= 11 is 0. The van der Waals surface area contributed by atoms with Crippen LogP contribution in [0.2, 0.25) is 0 Å². The molecule has 5 fully saturated rings. The normalized spacial score (nSPS) is 42.8. The maximum atomic E-state index is 6.48. The van der Waals surface area contributed by atoms with E-state index in [-0.39, 0.29) is 30.7 Å². The van der Waals surface area contributed by atoms with Crippen molar-refractivity contribution in [3.63, 3.8) is 0 Å². The first-order valence-electron chi connectivity index (χ1n) is 11.2. The summed E-state index contributed by atoms with van der Waals surface area (Å²) in [5, 5.41) is 0. The van der Waals surface area contributed by atoms with Gasteiger partial charge in [-0.2, -0.15) is 0 Å². The van der Waals surface area contributed by atoms with E-state index in [1.165, 1.54) is 25.7 Å². The molecule has 27 heavy (non-hydrogen) atoms. The Morgan fingerprint density at radius 2 is 1.52 bits per heavy atom. The number of hydrogen-bond acceptors (Lipinski definition) is 6. The largest absolute Gasteiger partial charge is 0.372 e. The van der Waals surface area contributed by atoms with Gasteiger partial charge in [-0.25, -0.2) is 0 Å². The summed E-state index contributed by atoms with van der Waals surface area (Å²) in [6.45, 7) is 3.40. The highest BCUT2D eigenvalue weighted by Crippen LogP contribution is 2.48. The first kappa shape index (κ1) is 18.8. The number of hydrogen-bond donors (Lipinski definition) is 0. The van der Waals surface area contributed by atoms with Crippen molar-refractivity contribution in [3.05, 3.63) is 0 Å². The third-order valence-electron chi connectivity index (χ3n) is 6.88. The van der Waals surface area contributed by atoms with Crippen LogP contribution in [0.1, 0.15) is 77.6 Å². The zero-order valence-electron chi connectivity index (χ0n) is 16.5. The fourth-order valence-electron chi connectivity index (χ4n) is 5.52. The second-order valence-corrected chi connectivity index (χ2v) is 8.91. The maximum Gasteiger partial charge on any atom is 0.190 e. The lowest BCUT2D eigenvalue weighted by Gasteiger charge is -2.35. The molecule has 5 aliphatic rings. The van der Waals surface area contributed by atoms with Gasteiger partial charge in [-0.1, -0.05) is 19.8 Å². The zero-order valence-corrected chi connectivity index (χ0v) is 16.5. The molecule has 0 radical (unpaired) electrons. The Kier molecular flexibility index (Phi) is 5.24. The van der Waals surface area contributed by atoms with Gasteiger partial charge in [-0.05, 0) is 32.1 Å². The average molecular weight is 382 g/mol. The van der Waals surface area contributed by atoms with Crippen molar-refractivity contribution in [3.8, 4) is 0 Å². The van der Waals surface area contributed by atoms with E-state index in [2.05, 4.69) is 6.92 Å². The molecule has 3 saturated heterocycles. The van der Waals surface area contributed by atoms with Crippen molar-refractivity contribution in [2.75, 3.05) is 13.2 Å². The minimum absolute atomic E-state index is 0.106. The van der Waals surface area contributed by atoms with Gasteiger partial charge in [0.25, 0.3) is 0 Å². The van der Waals surface area contributed by atoms with E-state index in [9.17, 15) is 0 Å². The lowest BCUT2D eigenvalue weighted by Crippen LogP contribution is -2.46. The fraction of sp³-hybridized carbons (Fsp3) is 1.00. The third-order valence-corrected chi connectivity index (χ3v) is 6.88. The van der Waals surface area contributed by atoms with Crippen LogP contribution >= 0.6 is 0 Å². The Morgan fingerprint density at radius 3 is 2.22 bits per heavy atom. The predicted octanol–water partition coefficient (Wildman–Crippen LogP) is 3.66. The predicted molar refractivity (Wildman–Crippen MR) is 97.1 cm³/mol. The molecular formula is C21H34O6. The lowest BCUT2D eigenvalue weighted by molar-refractivity contribution is -0.262. The molecule has 0 aromatic carbocycles. The van der Waals surface area contributed by atoms with Crippen LogP contribution < -0.4 is 0 Å². The van der Waals surface area contributed by atoms with Gasteiger partial charge in [0.2, 0.25) is 0 Å². The van der Waals surface area contributed by atoms with E-state index in [0.29, 0.717) is 13.2 Å². The smallest absolute Gasteiger partial charge is 0.190 e. The summed E-state index contributed by atoms with van der Waals surface area (Å²) in [6, 6.07) is 0. The SMILES string of the molecule is CCCOC1C(C2COC3(CCCCC3)O2)OC2OC3(CCCCC3)OC21. The van der Waals surface area contributed by atoms with Crippen LogP contribution in [0.3, 0.4) is 0 Å². The van der Waals surface area contributed by atoms with Crippen molar-refractivity contribution >= 4 is 0 Å². The van der Waals surface area contributed by atoms with Crippen LogP contribution in [-0.4, -0.2) is 55.5 Å². The van der Waals surface area contributed by atoms with Crippen molar-refractivity contribution in [2.45, 2.75) is 120 Å². The molecule has 6 heteroatoms. The Balaban J connectivity index is 1.29. The van der Waals surface area contributed by atoms with Gasteiger partial charge in [-0.15, -0.1) is 0 Å². The Labute approximate surface area is 162 Å². The molecule has 0 N–H and O–H groups in total. The van der Waals surface area contributed by atoms with E-state index in [1.807, 2.05) is 0 Å².